The molecular formula is C22H28N4OS. The van der Waals surface area contributed by atoms with Gasteiger partial charge >= 0.3 is 0 Å². The summed E-state index contributed by atoms with van der Waals surface area (Å²) >= 11 is 1.82. The molecule has 1 saturated carbocycles. The van der Waals surface area contributed by atoms with Gasteiger partial charge in [0.1, 0.15) is 0 Å². The number of benzene rings is 2. The van der Waals surface area contributed by atoms with Crippen molar-refractivity contribution in [3.05, 3.63) is 60.2 Å². The fourth-order valence-corrected chi connectivity index (χ4v) is 3.72. The van der Waals surface area contributed by atoms with E-state index in [1.807, 2.05) is 42.1 Å². The first-order chi connectivity index (χ1) is 13.7. The van der Waals surface area contributed by atoms with Gasteiger partial charge in [-0.25, -0.2) is 0 Å². The third-order valence-electron chi connectivity index (χ3n) is 4.76. The average molecular weight is 397 g/mol. The molecule has 6 heteroatoms. The number of carbonyl (C=O) groups excluding carboxylic acids is 1. The first-order valence-electron chi connectivity index (χ1n) is 9.77. The van der Waals surface area contributed by atoms with Crippen LogP contribution in [0.4, 0.5) is 5.69 Å². The Morgan fingerprint density at radius 2 is 1.93 bits per heavy atom. The van der Waals surface area contributed by atoms with Crippen molar-refractivity contribution in [2.75, 3.05) is 24.7 Å². The van der Waals surface area contributed by atoms with Crippen molar-refractivity contribution in [1.82, 2.24) is 10.6 Å². The van der Waals surface area contributed by atoms with Crippen LogP contribution in [0.3, 0.4) is 0 Å². The quantitative estimate of drug-likeness (QED) is 0.274. The van der Waals surface area contributed by atoms with Gasteiger partial charge < -0.3 is 16.0 Å². The van der Waals surface area contributed by atoms with Crippen molar-refractivity contribution in [3.8, 4) is 0 Å². The molecule has 2 aromatic rings. The second-order valence-corrected chi connectivity index (χ2v) is 8.00. The molecule has 0 heterocycles. The maximum absolute atomic E-state index is 12.1. The summed E-state index contributed by atoms with van der Waals surface area (Å²) in [5, 5.41) is 9.69. The number of hydrogen-bond acceptors (Lipinski definition) is 3. The van der Waals surface area contributed by atoms with Gasteiger partial charge in [-0.3, -0.25) is 9.79 Å². The molecule has 5 nitrogen and oxygen atoms in total. The zero-order valence-electron chi connectivity index (χ0n) is 16.3. The molecule has 0 saturated heterocycles. The maximum atomic E-state index is 12.1. The lowest BCUT2D eigenvalue weighted by Crippen LogP contribution is -2.37. The van der Waals surface area contributed by atoms with Crippen LogP contribution in [0, 0.1) is 5.92 Å². The standard InChI is InChI=1S/C22H28N4OS/c1-23-22(24-13-14-28-20-11-3-2-4-12-20)25-16-17-7-5-10-19(15-17)26-21(27)18-8-6-9-18/h2-5,7,10-12,15,18H,6,8-9,13-14,16H2,1H3,(H,26,27)(H2,23,24,25). The van der Waals surface area contributed by atoms with Gasteiger partial charge in [-0.05, 0) is 42.7 Å². The molecule has 0 unspecified atom stereocenters. The monoisotopic (exact) mass is 396 g/mol. The SMILES string of the molecule is CN=C(NCCSc1ccccc1)NCc1cccc(NC(=O)C2CCC2)c1. The topological polar surface area (TPSA) is 65.5 Å². The van der Waals surface area contributed by atoms with Crippen LogP contribution >= 0.6 is 11.8 Å². The number of rotatable bonds is 8. The number of thioether (sulfide) groups is 1. The Kier molecular flexibility index (Phi) is 7.79. The molecule has 1 amide bonds. The summed E-state index contributed by atoms with van der Waals surface area (Å²) in [6.07, 6.45) is 3.19. The predicted octanol–water partition coefficient (Wildman–Crippen LogP) is 3.88. The number of hydrogen-bond donors (Lipinski definition) is 3. The third kappa shape index (κ3) is 6.30. The van der Waals surface area contributed by atoms with E-state index in [0.29, 0.717) is 6.54 Å². The Morgan fingerprint density at radius 3 is 2.64 bits per heavy atom. The fourth-order valence-electron chi connectivity index (χ4n) is 2.94. The Bertz CT molecular complexity index is 790. The molecular weight excluding hydrogens is 368 g/mol. The molecule has 0 atom stereocenters. The van der Waals surface area contributed by atoms with Crippen LogP contribution in [0.25, 0.3) is 0 Å². The van der Waals surface area contributed by atoms with E-state index in [4.69, 9.17) is 0 Å². The summed E-state index contributed by atoms with van der Waals surface area (Å²) in [6.45, 7) is 1.48. The normalized spacial score (nSPS) is 14.2. The first kappa shape index (κ1) is 20.3. The minimum atomic E-state index is 0.143. The summed E-state index contributed by atoms with van der Waals surface area (Å²) in [5.74, 6) is 2.08. The second kappa shape index (κ2) is 10.8. The highest BCUT2D eigenvalue weighted by molar-refractivity contribution is 7.99. The molecule has 28 heavy (non-hydrogen) atoms. The highest BCUT2D eigenvalue weighted by Crippen LogP contribution is 2.27. The van der Waals surface area contributed by atoms with Crippen LogP contribution in [0.1, 0.15) is 24.8 Å². The van der Waals surface area contributed by atoms with Gasteiger partial charge in [0.25, 0.3) is 0 Å². The highest BCUT2D eigenvalue weighted by atomic mass is 32.2. The Hall–Kier alpha value is -2.47. The van der Waals surface area contributed by atoms with Crippen molar-refractivity contribution >= 4 is 29.3 Å². The van der Waals surface area contributed by atoms with Gasteiger partial charge in [0.05, 0.1) is 0 Å². The van der Waals surface area contributed by atoms with Crippen molar-refractivity contribution in [2.45, 2.75) is 30.7 Å². The molecule has 0 aliphatic heterocycles. The highest BCUT2D eigenvalue weighted by Gasteiger charge is 2.25. The van der Waals surface area contributed by atoms with Gasteiger partial charge in [-0.1, -0.05) is 36.8 Å². The second-order valence-electron chi connectivity index (χ2n) is 6.83. The number of nitrogens with zero attached hydrogens (tertiary/aromatic N) is 1. The molecule has 0 radical (unpaired) electrons. The molecule has 1 fully saturated rings. The van der Waals surface area contributed by atoms with Crippen LogP contribution in [-0.4, -0.2) is 31.2 Å². The van der Waals surface area contributed by atoms with E-state index in [2.05, 4.69) is 45.2 Å². The molecule has 2 aromatic carbocycles. The minimum absolute atomic E-state index is 0.143. The molecule has 1 aliphatic carbocycles. The summed E-state index contributed by atoms with van der Waals surface area (Å²) in [6, 6.07) is 18.4. The van der Waals surface area contributed by atoms with Crippen molar-refractivity contribution < 1.29 is 4.79 Å². The summed E-state index contributed by atoms with van der Waals surface area (Å²) in [5.41, 5.74) is 1.96. The number of nitrogens with one attached hydrogen (secondary N) is 3. The van der Waals surface area contributed by atoms with Crippen molar-refractivity contribution in [2.24, 2.45) is 10.9 Å². The first-order valence-corrected chi connectivity index (χ1v) is 10.8. The Morgan fingerprint density at radius 1 is 1.11 bits per heavy atom. The minimum Gasteiger partial charge on any atom is -0.356 e. The Balaban J connectivity index is 1.40. The molecule has 0 spiro atoms. The molecule has 0 aromatic heterocycles. The van der Waals surface area contributed by atoms with E-state index < -0.39 is 0 Å². The smallest absolute Gasteiger partial charge is 0.227 e. The number of carbonyl (C=O) groups is 1. The van der Waals surface area contributed by atoms with E-state index in [9.17, 15) is 4.79 Å². The summed E-state index contributed by atoms with van der Waals surface area (Å²) in [7, 11) is 1.77. The lowest BCUT2D eigenvalue weighted by molar-refractivity contribution is -0.122. The average Bonchev–Trinajstić information content (AvgIpc) is 2.67. The van der Waals surface area contributed by atoms with Crippen LogP contribution < -0.4 is 16.0 Å². The summed E-state index contributed by atoms with van der Waals surface area (Å²) in [4.78, 5) is 17.7. The van der Waals surface area contributed by atoms with E-state index >= 15 is 0 Å². The molecule has 3 rings (SSSR count). The van der Waals surface area contributed by atoms with E-state index in [0.717, 1.165) is 48.8 Å². The lowest BCUT2D eigenvalue weighted by Gasteiger charge is -2.24. The maximum Gasteiger partial charge on any atom is 0.227 e. The van der Waals surface area contributed by atoms with Crippen LogP contribution in [0.2, 0.25) is 0 Å². The van der Waals surface area contributed by atoms with Crippen molar-refractivity contribution in [3.63, 3.8) is 0 Å². The van der Waals surface area contributed by atoms with Crippen LogP contribution in [-0.2, 0) is 11.3 Å². The number of aliphatic imine (C=N–C) groups is 1. The van der Waals surface area contributed by atoms with Gasteiger partial charge in [0.15, 0.2) is 5.96 Å². The van der Waals surface area contributed by atoms with E-state index in [-0.39, 0.29) is 11.8 Å². The van der Waals surface area contributed by atoms with E-state index in [1.54, 1.807) is 7.05 Å². The zero-order valence-corrected chi connectivity index (χ0v) is 17.1. The van der Waals surface area contributed by atoms with Crippen LogP contribution in [0.15, 0.2) is 64.5 Å². The van der Waals surface area contributed by atoms with Gasteiger partial charge in [0, 0.05) is 42.4 Å². The fraction of sp³-hybridized carbons (Fsp3) is 0.364. The molecule has 148 valence electrons. The lowest BCUT2D eigenvalue weighted by atomic mass is 9.85. The molecule has 3 N–H and O–H groups in total. The van der Waals surface area contributed by atoms with Gasteiger partial charge in [-0.2, -0.15) is 0 Å². The Labute approximate surface area is 171 Å². The third-order valence-corrected chi connectivity index (χ3v) is 5.77. The number of guanidine groups is 1. The van der Waals surface area contributed by atoms with Crippen molar-refractivity contribution in [1.29, 1.82) is 0 Å². The number of amides is 1. The van der Waals surface area contributed by atoms with Crippen LogP contribution in [0.5, 0.6) is 0 Å². The zero-order chi connectivity index (χ0) is 19.6. The molecule has 1 aliphatic rings. The largest absolute Gasteiger partial charge is 0.356 e. The van der Waals surface area contributed by atoms with E-state index in [1.165, 1.54) is 4.90 Å². The summed E-state index contributed by atoms with van der Waals surface area (Å²) < 4.78 is 0. The predicted molar refractivity (Wildman–Crippen MR) is 118 cm³/mol. The van der Waals surface area contributed by atoms with Gasteiger partial charge in [0.2, 0.25) is 5.91 Å². The number of anilines is 1. The van der Waals surface area contributed by atoms with Gasteiger partial charge in [-0.15, -0.1) is 11.8 Å². The molecule has 0 bridgehead atoms.